The van der Waals surface area contributed by atoms with Gasteiger partial charge in [-0.25, -0.2) is 4.79 Å². The van der Waals surface area contributed by atoms with Crippen LogP contribution in [0.2, 0.25) is 0 Å². The Kier molecular flexibility index (Phi) is 11.6. The number of aryl methyl sites for hydroxylation is 1. The number of ether oxygens (including phenoxy) is 1. The fourth-order valence-corrected chi connectivity index (χ4v) is 3.59. The van der Waals surface area contributed by atoms with E-state index in [4.69, 9.17) is 4.74 Å². The van der Waals surface area contributed by atoms with Crippen molar-refractivity contribution in [3.63, 3.8) is 0 Å². The van der Waals surface area contributed by atoms with E-state index in [1.165, 1.54) is 0 Å². The zero-order valence-electron chi connectivity index (χ0n) is 22.5. The van der Waals surface area contributed by atoms with E-state index in [-0.39, 0.29) is 23.8 Å². The third kappa shape index (κ3) is 9.35. The van der Waals surface area contributed by atoms with Crippen molar-refractivity contribution in [1.82, 2.24) is 15.5 Å². The van der Waals surface area contributed by atoms with Crippen LogP contribution in [0.25, 0.3) is 0 Å². The SMILES string of the molecule is CCCCN(C(=O)C(NC(=O)OC(C)(C)C)C(C)C)C(C(=O)NC(C)C)c1ccc(CC)cc1. The minimum Gasteiger partial charge on any atom is -0.444 e. The molecular weight excluding hydrogens is 430 g/mol. The Morgan fingerprint density at radius 3 is 2.00 bits per heavy atom. The van der Waals surface area contributed by atoms with Crippen LogP contribution in [0.4, 0.5) is 4.79 Å². The number of alkyl carbamates (subject to hydrolysis) is 1. The second-order valence-corrected chi connectivity index (χ2v) is 10.4. The summed E-state index contributed by atoms with van der Waals surface area (Å²) >= 11 is 0. The van der Waals surface area contributed by atoms with Gasteiger partial charge in [-0.05, 0) is 64.5 Å². The normalized spacial score (nSPS) is 13.4. The second kappa shape index (κ2) is 13.4. The molecule has 192 valence electrons. The molecule has 3 amide bonds. The van der Waals surface area contributed by atoms with Crippen molar-refractivity contribution in [2.75, 3.05) is 6.54 Å². The van der Waals surface area contributed by atoms with Crippen LogP contribution in [0.5, 0.6) is 0 Å². The monoisotopic (exact) mass is 475 g/mol. The standard InChI is InChI=1S/C27H45N3O4/c1-10-12-17-30(25(32)22(18(3)4)29-26(33)34-27(7,8)9)23(24(31)28-19(5)6)21-15-13-20(11-2)14-16-21/h13-16,18-19,22-23H,10-12,17H2,1-9H3,(H,28,31)(H,29,33). The zero-order chi connectivity index (χ0) is 26.1. The molecule has 2 N–H and O–H groups in total. The van der Waals surface area contributed by atoms with Gasteiger partial charge in [-0.1, -0.05) is 58.4 Å². The van der Waals surface area contributed by atoms with Crippen molar-refractivity contribution >= 4 is 17.9 Å². The fourth-order valence-electron chi connectivity index (χ4n) is 3.59. The Morgan fingerprint density at radius 2 is 1.56 bits per heavy atom. The first kappa shape index (κ1) is 29.5. The number of benzene rings is 1. The number of rotatable bonds is 11. The molecule has 0 fully saturated rings. The lowest BCUT2D eigenvalue weighted by molar-refractivity contribution is -0.143. The number of carbonyl (C=O) groups is 3. The van der Waals surface area contributed by atoms with Crippen LogP contribution in [-0.2, 0) is 20.7 Å². The van der Waals surface area contributed by atoms with Crippen molar-refractivity contribution in [3.8, 4) is 0 Å². The quantitative estimate of drug-likeness (QED) is 0.472. The van der Waals surface area contributed by atoms with Crippen molar-refractivity contribution in [2.24, 2.45) is 5.92 Å². The average Bonchev–Trinajstić information content (AvgIpc) is 2.72. The van der Waals surface area contributed by atoms with Gasteiger partial charge >= 0.3 is 6.09 Å². The van der Waals surface area contributed by atoms with Gasteiger partial charge in [0.2, 0.25) is 11.8 Å². The summed E-state index contributed by atoms with van der Waals surface area (Å²) < 4.78 is 5.40. The molecule has 1 rings (SSSR count). The molecule has 0 aliphatic rings. The smallest absolute Gasteiger partial charge is 0.408 e. The van der Waals surface area contributed by atoms with E-state index in [1.807, 2.05) is 58.9 Å². The van der Waals surface area contributed by atoms with Crippen LogP contribution in [0.3, 0.4) is 0 Å². The van der Waals surface area contributed by atoms with Gasteiger partial charge in [0.15, 0.2) is 0 Å². The highest BCUT2D eigenvalue weighted by Crippen LogP contribution is 2.25. The molecule has 2 atom stereocenters. The molecular formula is C27H45N3O4. The van der Waals surface area contributed by atoms with Crippen LogP contribution >= 0.6 is 0 Å². The number of amides is 3. The van der Waals surface area contributed by atoms with Crippen LogP contribution in [0.1, 0.15) is 92.3 Å². The van der Waals surface area contributed by atoms with Gasteiger partial charge in [0, 0.05) is 12.6 Å². The Balaban J connectivity index is 3.43. The molecule has 7 nitrogen and oxygen atoms in total. The van der Waals surface area contributed by atoms with Gasteiger partial charge < -0.3 is 20.3 Å². The third-order valence-corrected chi connectivity index (χ3v) is 5.34. The molecule has 2 unspecified atom stereocenters. The van der Waals surface area contributed by atoms with E-state index in [0.29, 0.717) is 6.54 Å². The highest BCUT2D eigenvalue weighted by molar-refractivity contribution is 5.92. The van der Waals surface area contributed by atoms with E-state index >= 15 is 0 Å². The van der Waals surface area contributed by atoms with Gasteiger partial charge in [-0.3, -0.25) is 9.59 Å². The minimum atomic E-state index is -0.823. The van der Waals surface area contributed by atoms with E-state index in [2.05, 4.69) is 17.6 Å². The van der Waals surface area contributed by atoms with Crippen molar-refractivity contribution < 1.29 is 19.1 Å². The van der Waals surface area contributed by atoms with Crippen LogP contribution < -0.4 is 10.6 Å². The highest BCUT2D eigenvalue weighted by atomic mass is 16.6. The lowest BCUT2D eigenvalue weighted by Crippen LogP contribution is -2.55. The maximum atomic E-state index is 13.9. The average molecular weight is 476 g/mol. The fraction of sp³-hybridized carbons (Fsp3) is 0.667. The van der Waals surface area contributed by atoms with Crippen LogP contribution in [-0.4, -0.2) is 47.0 Å². The van der Waals surface area contributed by atoms with Crippen LogP contribution in [0.15, 0.2) is 24.3 Å². The summed E-state index contributed by atoms with van der Waals surface area (Å²) in [5, 5.41) is 5.73. The van der Waals surface area contributed by atoms with Gasteiger partial charge in [0.05, 0.1) is 0 Å². The Labute approximate surface area is 206 Å². The summed E-state index contributed by atoms with van der Waals surface area (Å²) in [5.74, 6) is -0.721. The molecule has 0 heterocycles. The molecule has 0 saturated carbocycles. The topological polar surface area (TPSA) is 87.7 Å². The molecule has 0 bridgehead atoms. The second-order valence-electron chi connectivity index (χ2n) is 10.4. The maximum absolute atomic E-state index is 13.9. The summed E-state index contributed by atoms with van der Waals surface area (Å²) in [5.41, 5.74) is 1.22. The van der Waals surface area contributed by atoms with Crippen LogP contribution in [0, 0.1) is 5.92 Å². The van der Waals surface area contributed by atoms with E-state index in [1.54, 1.807) is 25.7 Å². The summed E-state index contributed by atoms with van der Waals surface area (Å²) in [6.07, 6.45) is 1.84. The lowest BCUT2D eigenvalue weighted by atomic mass is 9.97. The zero-order valence-corrected chi connectivity index (χ0v) is 22.5. The number of nitrogens with zero attached hydrogens (tertiary/aromatic N) is 1. The first-order chi connectivity index (χ1) is 15.8. The maximum Gasteiger partial charge on any atom is 0.408 e. The highest BCUT2D eigenvalue weighted by Gasteiger charge is 2.37. The molecule has 1 aromatic carbocycles. The molecule has 0 aromatic heterocycles. The largest absolute Gasteiger partial charge is 0.444 e. The number of hydrogen-bond acceptors (Lipinski definition) is 4. The van der Waals surface area contributed by atoms with Crippen molar-refractivity contribution in [3.05, 3.63) is 35.4 Å². The first-order valence-electron chi connectivity index (χ1n) is 12.5. The van der Waals surface area contributed by atoms with Gasteiger partial charge in [-0.15, -0.1) is 0 Å². The molecule has 0 radical (unpaired) electrons. The van der Waals surface area contributed by atoms with E-state index < -0.39 is 23.8 Å². The Morgan fingerprint density at radius 1 is 0.971 bits per heavy atom. The first-order valence-corrected chi connectivity index (χ1v) is 12.5. The Hall–Kier alpha value is -2.57. The van der Waals surface area contributed by atoms with Crippen molar-refractivity contribution in [2.45, 2.75) is 105 Å². The summed E-state index contributed by atoms with van der Waals surface area (Å²) in [7, 11) is 0. The predicted molar refractivity (Wildman–Crippen MR) is 136 cm³/mol. The number of nitrogens with one attached hydrogen (secondary N) is 2. The van der Waals surface area contributed by atoms with Gasteiger partial charge in [0.25, 0.3) is 0 Å². The molecule has 0 aliphatic heterocycles. The Bertz CT molecular complexity index is 797. The molecule has 7 heteroatoms. The molecule has 1 aromatic rings. The summed E-state index contributed by atoms with van der Waals surface area (Å²) in [4.78, 5) is 41.4. The summed E-state index contributed by atoms with van der Waals surface area (Å²) in [6.45, 7) is 17.4. The molecule has 0 spiro atoms. The lowest BCUT2D eigenvalue weighted by Gasteiger charge is -2.36. The number of unbranched alkanes of at least 4 members (excludes halogenated alkanes) is 1. The van der Waals surface area contributed by atoms with Crippen molar-refractivity contribution in [1.29, 1.82) is 0 Å². The molecule has 0 saturated heterocycles. The molecule has 34 heavy (non-hydrogen) atoms. The number of carbonyl (C=O) groups excluding carboxylic acids is 3. The predicted octanol–water partition coefficient (Wildman–Crippen LogP) is 4.99. The van der Waals surface area contributed by atoms with E-state index in [0.717, 1.165) is 30.4 Å². The summed E-state index contributed by atoms with van der Waals surface area (Å²) in [6, 6.07) is 6.13. The third-order valence-electron chi connectivity index (χ3n) is 5.34. The van der Waals surface area contributed by atoms with Gasteiger partial charge in [-0.2, -0.15) is 0 Å². The van der Waals surface area contributed by atoms with E-state index in [9.17, 15) is 14.4 Å². The number of hydrogen-bond donors (Lipinski definition) is 2. The minimum absolute atomic E-state index is 0.0752. The molecule has 0 aliphatic carbocycles. The van der Waals surface area contributed by atoms with Gasteiger partial charge in [0.1, 0.15) is 17.7 Å².